The van der Waals surface area contributed by atoms with Gasteiger partial charge in [-0.15, -0.1) is 0 Å². The van der Waals surface area contributed by atoms with Crippen LogP contribution in [0.2, 0.25) is 0 Å². The van der Waals surface area contributed by atoms with Gasteiger partial charge in [-0.2, -0.15) is 0 Å². The fourth-order valence-corrected chi connectivity index (χ4v) is 3.02. The van der Waals surface area contributed by atoms with Crippen molar-refractivity contribution in [3.8, 4) is 0 Å². The van der Waals surface area contributed by atoms with E-state index in [9.17, 15) is 9.59 Å². The predicted octanol–water partition coefficient (Wildman–Crippen LogP) is 2.98. The minimum absolute atomic E-state index is 0.0633. The van der Waals surface area contributed by atoms with E-state index < -0.39 is 6.04 Å². The number of rotatable bonds is 3. The van der Waals surface area contributed by atoms with Crippen LogP contribution in [-0.2, 0) is 4.79 Å². The summed E-state index contributed by atoms with van der Waals surface area (Å²) in [6, 6.07) is 16.2. The zero-order valence-corrected chi connectivity index (χ0v) is 13.4. The molecule has 1 fully saturated rings. The van der Waals surface area contributed by atoms with Crippen LogP contribution in [0.25, 0.3) is 0 Å². The van der Waals surface area contributed by atoms with Crippen molar-refractivity contribution in [3.63, 3.8) is 0 Å². The molecule has 3 rings (SSSR count). The number of anilines is 1. The molecule has 0 aliphatic carbocycles. The largest absolute Gasteiger partial charge is 0.340 e. The minimum atomic E-state index is -0.472. The number of hydrogen-bond donors (Lipinski definition) is 1. The lowest BCUT2D eigenvalue weighted by Crippen LogP contribution is -2.41. The first-order chi connectivity index (χ1) is 10.7. The number of nitrogens with zero attached hydrogens (tertiary/aromatic N) is 1. The Labute approximate surface area is 137 Å². The van der Waals surface area contributed by atoms with E-state index in [0.717, 1.165) is 10.2 Å². The second kappa shape index (κ2) is 6.32. The highest BCUT2D eigenvalue weighted by Crippen LogP contribution is 2.22. The lowest BCUT2D eigenvalue weighted by molar-refractivity contribution is -0.118. The smallest absolute Gasteiger partial charge is 0.253 e. The summed E-state index contributed by atoms with van der Waals surface area (Å²) in [5.41, 5.74) is 1.40. The number of amides is 2. The fourth-order valence-electron chi connectivity index (χ4n) is 2.56. The van der Waals surface area contributed by atoms with Gasteiger partial charge in [-0.3, -0.25) is 9.59 Å². The van der Waals surface area contributed by atoms with Crippen molar-refractivity contribution >= 4 is 33.4 Å². The molecule has 112 valence electrons. The maximum absolute atomic E-state index is 12.5. The summed E-state index contributed by atoms with van der Waals surface area (Å²) in [4.78, 5) is 26.5. The van der Waals surface area contributed by atoms with Crippen molar-refractivity contribution in [2.24, 2.45) is 0 Å². The van der Waals surface area contributed by atoms with Crippen molar-refractivity contribution in [1.29, 1.82) is 0 Å². The van der Waals surface area contributed by atoms with Crippen LogP contribution in [-0.4, -0.2) is 24.4 Å². The summed E-state index contributed by atoms with van der Waals surface area (Å²) >= 11 is 3.35. The highest BCUT2D eigenvalue weighted by molar-refractivity contribution is 9.10. The van der Waals surface area contributed by atoms with Gasteiger partial charge in [0.05, 0.1) is 5.56 Å². The van der Waals surface area contributed by atoms with E-state index >= 15 is 0 Å². The number of nitrogens with one attached hydrogen (secondary N) is 1. The van der Waals surface area contributed by atoms with Crippen LogP contribution in [0, 0.1) is 0 Å². The number of hydrogen-bond acceptors (Lipinski definition) is 2. The average Bonchev–Trinajstić information content (AvgIpc) is 2.89. The van der Waals surface area contributed by atoms with Gasteiger partial charge in [0.2, 0.25) is 5.91 Å². The molecule has 4 nitrogen and oxygen atoms in total. The van der Waals surface area contributed by atoms with E-state index in [-0.39, 0.29) is 11.8 Å². The monoisotopic (exact) mass is 358 g/mol. The first-order valence-corrected chi connectivity index (χ1v) is 7.88. The number of benzene rings is 2. The first-order valence-electron chi connectivity index (χ1n) is 7.08. The third-order valence-corrected chi connectivity index (χ3v) is 4.39. The normalized spacial score (nSPS) is 17.6. The van der Waals surface area contributed by atoms with E-state index in [4.69, 9.17) is 0 Å². The summed E-state index contributed by atoms with van der Waals surface area (Å²) < 4.78 is 0.720. The number of para-hydroxylation sites is 1. The van der Waals surface area contributed by atoms with E-state index in [2.05, 4.69) is 21.2 Å². The summed E-state index contributed by atoms with van der Waals surface area (Å²) in [7, 11) is 0. The van der Waals surface area contributed by atoms with Crippen LogP contribution >= 0.6 is 15.9 Å². The first kappa shape index (κ1) is 14.8. The second-order valence-electron chi connectivity index (χ2n) is 5.12. The Bertz CT molecular complexity index is 703. The van der Waals surface area contributed by atoms with Gasteiger partial charge in [-0.05, 0) is 46.6 Å². The van der Waals surface area contributed by atoms with E-state index in [1.165, 1.54) is 0 Å². The quantitative estimate of drug-likeness (QED) is 0.916. The summed E-state index contributed by atoms with van der Waals surface area (Å²) in [6.45, 7) is 0.615. The molecule has 0 radical (unpaired) electrons. The molecule has 0 aromatic heterocycles. The van der Waals surface area contributed by atoms with Crippen LogP contribution in [0.3, 0.4) is 0 Å². The molecule has 1 N–H and O–H groups in total. The maximum atomic E-state index is 12.5. The predicted molar refractivity (Wildman–Crippen MR) is 88.8 cm³/mol. The van der Waals surface area contributed by atoms with Gasteiger partial charge in [-0.25, -0.2) is 0 Å². The molecule has 22 heavy (non-hydrogen) atoms. The zero-order valence-electron chi connectivity index (χ0n) is 11.8. The van der Waals surface area contributed by atoms with Crippen molar-refractivity contribution in [3.05, 3.63) is 64.6 Å². The molecule has 5 heteroatoms. The Morgan fingerprint density at radius 3 is 2.50 bits per heavy atom. The van der Waals surface area contributed by atoms with Gasteiger partial charge in [0.1, 0.15) is 6.04 Å². The lowest BCUT2D eigenvalue weighted by atomic mass is 10.2. The zero-order chi connectivity index (χ0) is 15.5. The molecule has 0 unspecified atom stereocenters. The Morgan fingerprint density at radius 2 is 1.77 bits per heavy atom. The Balaban J connectivity index is 1.71. The van der Waals surface area contributed by atoms with Crippen LogP contribution in [0.4, 0.5) is 5.69 Å². The third kappa shape index (κ3) is 2.90. The minimum Gasteiger partial charge on any atom is -0.340 e. The highest BCUT2D eigenvalue weighted by Gasteiger charge is 2.33. The van der Waals surface area contributed by atoms with Gasteiger partial charge >= 0.3 is 0 Å². The molecule has 2 aromatic rings. The molecule has 1 atom stereocenters. The Kier molecular flexibility index (Phi) is 4.24. The van der Waals surface area contributed by atoms with Gasteiger partial charge in [0.25, 0.3) is 5.91 Å². The molecule has 1 heterocycles. The van der Waals surface area contributed by atoms with Crippen molar-refractivity contribution in [2.45, 2.75) is 12.5 Å². The Morgan fingerprint density at radius 1 is 1.09 bits per heavy atom. The van der Waals surface area contributed by atoms with Gasteiger partial charge in [-0.1, -0.05) is 30.3 Å². The van der Waals surface area contributed by atoms with E-state index in [1.807, 2.05) is 42.5 Å². The van der Waals surface area contributed by atoms with E-state index in [0.29, 0.717) is 18.5 Å². The molecule has 1 aliphatic heterocycles. The summed E-state index contributed by atoms with van der Waals surface area (Å²) in [5.74, 6) is -0.299. The molecule has 0 spiro atoms. The van der Waals surface area contributed by atoms with Crippen molar-refractivity contribution in [2.75, 3.05) is 11.4 Å². The molecular weight excluding hydrogens is 344 g/mol. The van der Waals surface area contributed by atoms with Crippen LogP contribution in [0.1, 0.15) is 16.8 Å². The lowest BCUT2D eigenvalue weighted by Gasteiger charge is -2.17. The van der Waals surface area contributed by atoms with Gasteiger partial charge in [0.15, 0.2) is 0 Å². The van der Waals surface area contributed by atoms with Gasteiger partial charge < -0.3 is 10.2 Å². The van der Waals surface area contributed by atoms with Crippen molar-refractivity contribution < 1.29 is 9.59 Å². The number of carbonyl (C=O) groups excluding carboxylic acids is 2. The number of halogens is 1. The standard InChI is InChI=1S/C17H15BrN2O2/c18-14-9-5-4-8-13(14)16(21)19-15-10-11-20(17(15)22)12-6-2-1-3-7-12/h1-9,15H,10-11H2,(H,19,21)/t15-/m1/s1. The maximum Gasteiger partial charge on any atom is 0.253 e. The molecule has 0 saturated carbocycles. The summed E-state index contributed by atoms with van der Waals surface area (Å²) in [6.07, 6.45) is 0.615. The SMILES string of the molecule is O=C(N[C@@H]1CCN(c2ccccc2)C1=O)c1ccccc1Br. The molecular formula is C17H15BrN2O2. The molecule has 1 saturated heterocycles. The van der Waals surface area contributed by atoms with Crippen LogP contribution in [0.15, 0.2) is 59.1 Å². The van der Waals surface area contributed by atoms with Crippen LogP contribution in [0.5, 0.6) is 0 Å². The summed E-state index contributed by atoms with van der Waals surface area (Å²) in [5, 5.41) is 2.83. The molecule has 1 aliphatic rings. The molecule has 2 aromatic carbocycles. The number of carbonyl (C=O) groups is 2. The van der Waals surface area contributed by atoms with Crippen LogP contribution < -0.4 is 10.2 Å². The molecule has 0 bridgehead atoms. The fraction of sp³-hybridized carbons (Fsp3) is 0.176. The topological polar surface area (TPSA) is 49.4 Å². The highest BCUT2D eigenvalue weighted by atomic mass is 79.9. The second-order valence-corrected chi connectivity index (χ2v) is 5.97. The van der Waals surface area contributed by atoms with Gasteiger partial charge in [0, 0.05) is 16.7 Å². The Hall–Kier alpha value is -2.14. The molecule has 2 amide bonds. The average molecular weight is 359 g/mol. The van der Waals surface area contributed by atoms with Crippen molar-refractivity contribution in [1.82, 2.24) is 5.32 Å². The third-order valence-electron chi connectivity index (χ3n) is 3.70. The van der Waals surface area contributed by atoms with E-state index in [1.54, 1.807) is 17.0 Å².